The van der Waals surface area contributed by atoms with Gasteiger partial charge in [0.15, 0.2) is 0 Å². The number of morpholine rings is 1. The Balaban J connectivity index is 1.79. The SMILES string of the molecule is O=C(NN1CCOCC1)c1csc2ccccc12. The standard InChI is InChI=1S/C13H14N2O2S/c16-13(14-15-5-7-17-8-6-15)11-9-18-12-4-2-1-3-10(11)12/h1-4,9H,5-8H2,(H,14,16). The van der Waals surface area contributed by atoms with Gasteiger partial charge in [-0.3, -0.25) is 10.2 Å². The summed E-state index contributed by atoms with van der Waals surface area (Å²) < 4.78 is 6.39. The molecule has 1 fully saturated rings. The summed E-state index contributed by atoms with van der Waals surface area (Å²) in [5.74, 6) is -0.0330. The average molecular weight is 262 g/mol. The van der Waals surface area contributed by atoms with E-state index < -0.39 is 0 Å². The molecule has 1 aromatic heterocycles. The van der Waals surface area contributed by atoms with Crippen LogP contribution in [0.3, 0.4) is 0 Å². The summed E-state index contributed by atoms with van der Waals surface area (Å²) in [5, 5.41) is 4.85. The van der Waals surface area contributed by atoms with E-state index >= 15 is 0 Å². The van der Waals surface area contributed by atoms with E-state index in [1.165, 1.54) is 0 Å². The number of hydrogen-bond donors (Lipinski definition) is 1. The Labute approximate surface area is 109 Å². The summed E-state index contributed by atoms with van der Waals surface area (Å²) in [6.07, 6.45) is 0. The molecule has 3 rings (SSSR count). The fourth-order valence-electron chi connectivity index (χ4n) is 2.03. The molecular formula is C13H14N2O2S. The van der Waals surface area contributed by atoms with Crippen LogP contribution in [-0.2, 0) is 4.74 Å². The highest BCUT2D eigenvalue weighted by Crippen LogP contribution is 2.25. The highest BCUT2D eigenvalue weighted by molar-refractivity contribution is 7.17. The zero-order valence-electron chi connectivity index (χ0n) is 9.89. The fourth-order valence-corrected chi connectivity index (χ4v) is 2.97. The van der Waals surface area contributed by atoms with Crippen LogP contribution in [0.4, 0.5) is 0 Å². The van der Waals surface area contributed by atoms with Crippen LogP contribution in [0, 0.1) is 0 Å². The molecule has 2 heterocycles. The highest BCUT2D eigenvalue weighted by atomic mass is 32.1. The largest absolute Gasteiger partial charge is 0.379 e. The Morgan fingerprint density at radius 2 is 2.06 bits per heavy atom. The molecule has 1 N–H and O–H groups in total. The second-order valence-electron chi connectivity index (χ2n) is 4.19. The second kappa shape index (κ2) is 5.06. The first-order chi connectivity index (χ1) is 8.84. The van der Waals surface area contributed by atoms with Crippen molar-refractivity contribution in [2.24, 2.45) is 0 Å². The maximum absolute atomic E-state index is 12.2. The maximum atomic E-state index is 12.2. The van der Waals surface area contributed by atoms with Crippen molar-refractivity contribution in [3.63, 3.8) is 0 Å². The molecule has 0 atom stereocenters. The molecule has 0 saturated carbocycles. The third kappa shape index (κ3) is 2.25. The molecule has 5 heteroatoms. The van der Waals surface area contributed by atoms with Gasteiger partial charge in [-0.05, 0) is 6.07 Å². The van der Waals surface area contributed by atoms with Crippen molar-refractivity contribution in [1.82, 2.24) is 10.4 Å². The molecule has 18 heavy (non-hydrogen) atoms. The summed E-state index contributed by atoms with van der Waals surface area (Å²) in [4.78, 5) is 12.2. The predicted octanol–water partition coefficient (Wildman–Crippen LogP) is 1.88. The van der Waals surface area contributed by atoms with Crippen molar-refractivity contribution in [2.75, 3.05) is 26.3 Å². The van der Waals surface area contributed by atoms with Gasteiger partial charge >= 0.3 is 0 Å². The van der Waals surface area contributed by atoms with E-state index in [1.54, 1.807) is 11.3 Å². The quantitative estimate of drug-likeness (QED) is 0.898. The Kier molecular flexibility index (Phi) is 3.27. The van der Waals surface area contributed by atoms with Crippen LogP contribution in [0.2, 0.25) is 0 Å². The molecule has 1 aliphatic rings. The number of nitrogens with one attached hydrogen (secondary N) is 1. The number of ether oxygens (including phenoxy) is 1. The van der Waals surface area contributed by atoms with Gasteiger partial charge in [0.05, 0.1) is 18.8 Å². The van der Waals surface area contributed by atoms with Gasteiger partial charge in [-0.25, -0.2) is 5.01 Å². The minimum absolute atomic E-state index is 0.0330. The molecule has 2 aromatic rings. The smallest absolute Gasteiger partial charge is 0.267 e. The minimum atomic E-state index is -0.0330. The molecule has 0 spiro atoms. The third-order valence-electron chi connectivity index (χ3n) is 3.00. The Hall–Kier alpha value is -1.43. The molecule has 94 valence electrons. The van der Waals surface area contributed by atoms with Crippen molar-refractivity contribution in [2.45, 2.75) is 0 Å². The molecule has 1 amide bonds. The zero-order chi connectivity index (χ0) is 12.4. The molecule has 0 unspecified atom stereocenters. The van der Waals surface area contributed by atoms with Crippen LogP contribution < -0.4 is 5.43 Å². The van der Waals surface area contributed by atoms with Gasteiger partial charge in [-0.2, -0.15) is 0 Å². The molecule has 1 saturated heterocycles. The van der Waals surface area contributed by atoms with Crippen LogP contribution in [0.25, 0.3) is 10.1 Å². The lowest BCUT2D eigenvalue weighted by atomic mass is 10.2. The zero-order valence-corrected chi connectivity index (χ0v) is 10.7. The van der Waals surface area contributed by atoms with Gasteiger partial charge < -0.3 is 4.74 Å². The van der Waals surface area contributed by atoms with E-state index in [2.05, 4.69) is 5.43 Å². The monoisotopic (exact) mass is 262 g/mol. The summed E-state index contributed by atoms with van der Waals surface area (Å²) in [6, 6.07) is 7.97. The maximum Gasteiger partial charge on any atom is 0.267 e. The molecule has 1 aromatic carbocycles. The number of amides is 1. The topological polar surface area (TPSA) is 41.6 Å². The van der Waals surface area contributed by atoms with Crippen molar-refractivity contribution in [3.8, 4) is 0 Å². The van der Waals surface area contributed by atoms with Crippen LogP contribution in [0.1, 0.15) is 10.4 Å². The van der Waals surface area contributed by atoms with Crippen LogP contribution in [-0.4, -0.2) is 37.2 Å². The van der Waals surface area contributed by atoms with Gasteiger partial charge in [-0.15, -0.1) is 11.3 Å². The van der Waals surface area contributed by atoms with Crippen molar-refractivity contribution < 1.29 is 9.53 Å². The van der Waals surface area contributed by atoms with Gasteiger partial charge in [0.2, 0.25) is 0 Å². The molecule has 0 aliphatic carbocycles. The van der Waals surface area contributed by atoms with E-state index in [1.807, 2.05) is 34.7 Å². The lowest BCUT2D eigenvalue weighted by molar-refractivity contribution is 0.0127. The van der Waals surface area contributed by atoms with Gasteiger partial charge in [0.1, 0.15) is 0 Å². The number of nitrogens with zero attached hydrogens (tertiary/aromatic N) is 1. The van der Waals surface area contributed by atoms with Gasteiger partial charge in [0.25, 0.3) is 5.91 Å². The molecule has 0 bridgehead atoms. The molecule has 0 radical (unpaired) electrons. The first-order valence-electron chi connectivity index (χ1n) is 5.94. The lowest BCUT2D eigenvalue weighted by Crippen LogP contribution is -2.48. The van der Waals surface area contributed by atoms with E-state index in [4.69, 9.17) is 4.74 Å². The predicted molar refractivity (Wildman–Crippen MR) is 71.7 cm³/mol. The summed E-state index contributed by atoms with van der Waals surface area (Å²) in [7, 11) is 0. The van der Waals surface area contributed by atoms with Crippen LogP contribution in [0.5, 0.6) is 0 Å². The van der Waals surface area contributed by atoms with E-state index in [9.17, 15) is 4.79 Å². The van der Waals surface area contributed by atoms with Crippen LogP contribution in [0.15, 0.2) is 29.6 Å². The molecule has 4 nitrogen and oxygen atoms in total. The van der Waals surface area contributed by atoms with Gasteiger partial charge in [0, 0.05) is 28.6 Å². The van der Waals surface area contributed by atoms with Crippen molar-refractivity contribution >= 4 is 27.3 Å². The lowest BCUT2D eigenvalue weighted by Gasteiger charge is -2.26. The number of thiophene rings is 1. The first kappa shape index (κ1) is 11.6. The Bertz CT molecular complexity index is 561. The van der Waals surface area contributed by atoms with E-state index in [0.717, 1.165) is 28.7 Å². The first-order valence-corrected chi connectivity index (χ1v) is 6.82. The summed E-state index contributed by atoms with van der Waals surface area (Å²) in [6.45, 7) is 2.83. The third-order valence-corrected chi connectivity index (χ3v) is 3.96. The number of hydrazine groups is 1. The number of carbonyl (C=O) groups excluding carboxylic acids is 1. The number of rotatable bonds is 2. The summed E-state index contributed by atoms with van der Waals surface area (Å²) in [5.41, 5.74) is 3.69. The number of fused-ring (bicyclic) bond motifs is 1. The number of benzene rings is 1. The summed E-state index contributed by atoms with van der Waals surface area (Å²) >= 11 is 1.60. The highest BCUT2D eigenvalue weighted by Gasteiger charge is 2.16. The van der Waals surface area contributed by atoms with Crippen LogP contribution >= 0.6 is 11.3 Å². The van der Waals surface area contributed by atoms with Crippen molar-refractivity contribution in [1.29, 1.82) is 0 Å². The number of hydrogen-bond acceptors (Lipinski definition) is 4. The fraction of sp³-hybridized carbons (Fsp3) is 0.308. The van der Waals surface area contributed by atoms with E-state index in [0.29, 0.717) is 13.2 Å². The second-order valence-corrected chi connectivity index (χ2v) is 5.10. The minimum Gasteiger partial charge on any atom is -0.379 e. The molecular weight excluding hydrogens is 248 g/mol. The average Bonchev–Trinajstić information content (AvgIpc) is 2.84. The Morgan fingerprint density at radius 3 is 2.89 bits per heavy atom. The Morgan fingerprint density at radius 1 is 1.28 bits per heavy atom. The normalized spacial score (nSPS) is 16.9. The number of carbonyl (C=O) groups is 1. The van der Waals surface area contributed by atoms with E-state index in [-0.39, 0.29) is 5.91 Å². The molecule has 1 aliphatic heterocycles. The van der Waals surface area contributed by atoms with Gasteiger partial charge in [-0.1, -0.05) is 18.2 Å². The van der Waals surface area contributed by atoms with Crippen molar-refractivity contribution in [3.05, 3.63) is 35.2 Å².